The third-order valence-corrected chi connectivity index (χ3v) is 4.47. The van der Waals surface area contributed by atoms with E-state index in [0.717, 1.165) is 0 Å². The molecule has 0 aliphatic carbocycles. The van der Waals surface area contributed by atoms with E-state index in [-0.39, 0.29) is 24.3 Å². The molecule has 0 radical (unpaired) electrons. The molecule has 3 rings (SSSR count). The van der Waals surface area contributed by atoms with Crippen molar-refractivity contribution < 1.29 is 14.4 Å². The van der Waals surface area contributed by atoms with Crippen molar-refractivity contribution in [3.63, 3.8) is 0 Å². The summed E-state index contributed by atoms with van der Waals surface area (Å²) in [7, 11) is 1.55. The van der Waals surface area contributed by atoms with Crippen molar-refractivity contribution in [2.75, 3.05) is 24.2 Å². The second-order valence-corrected chi connectivity index (χ2v) is 6.83. The van der Waals surface area contributed by atoms with E-state index >= 15 is 0 Å². The predicted octanol–water partition coefficient (Wildman–Crippen LogP) is 3.63. The van der Waals surface area contributed by atoms with Crippen LogP contribution in [0.2, 0.25) is 0 Å². The molecule has 6 heteroatoms. The number of nitrogens with zero attached hydrogens (tertiary/aromatic N) is 1. The fourth-order valence-electron chi connectivity index (χ4n) is 2.88. The van der Waals surface area contributed by atoms with Crippen LogP contribution in [0.25, 0.3) is 0 Å². The Morgan fingerprint density at radius 3 is 2.23 bits per heavy atom. The van der Waals surface area contributed by atoms with Crippen LogP contribution in [0, 0.1) is 12.3 Å². The Kier molecular flexibility index (Phi) is 6.82. The van der Waals surface area contributed by atoms with Crippen molar-refractivity contribution in [1.29, 1.82) is 0 Å². The Labute approximate surface area is 180 Å². The van der Waals surface area contributed by atoms with Gasteiger partial charge in [-0.3, -0.25) is 14.4 Å². The van der Waals surface area contributed by atoms with Gasteiger partial charge in [0.25, 0.3) is 11.8 Å². The Morgan fingerprint density at radius 1 is 0.839 bits per heavy atom. The van der Waals surface area contributed by atoms with E-state index < -0.39 is 0 Å². The zero-order chi connectivity index (χ0) is 22.2. The molecule has 0 bridgehead atoms. The molecular weight excluding hydrogens is 390 g/mol. The van der Waals surface area contributed by atoms with Crippen molar-refractivity contribution in [2.24, 2.45) is 0 Å². The highest BCUT2D eigenvalue weighted by Gasteiger charge is 2.15. The van der Waals surface area contributed by atoms with Gasteiger partial charge in [0.1, 0.15) is 0 Å². The Balaban J connectivity index is 1.57. The molecule has 0 aromatic heterocycles. The SMILES string of the molecule is C#Cc1cccc(NC(=O)CN(C)C(=O)c2ccc(NC(=O)c3ccccc3)cc2)c1. The maximum atomic E-state index is 12.6. The van der Waals surface area contributed by atoms with E-state index in [9.17, 15) is 14.4 Å². The summed E-state index contributed by atoms with van der Waals surface area (Å²) in [6.45, 7) is -0.119. The molecule has 0 saturated heterocycles. The largest absolute Gasteiger partial charge is 0.332 e. The molecule has 0 atom stereocenters. The molecule has 3 aromatic carbocycles. The quantitative estimate of drug-likeness (QED) is 0.608. The first-order chi connectivity index (χ1) is 15.0. The van der Waals surface area contributed by atoms with Crippen molar-refractivity contribution in [3.05, 3.63) is 95.6 Å². The number of nitrogens with one attached hydrogen (secondary N) is 2. The van der Waals surface area contributed by atoms with Crippen LogP contribution in [-0.4, -0.2) is 36.2 Å². The van der Waals surface area contributed by atoms with E-state index in [1.807, 2.05) is 6.07 Å². The number of rotatable bonds is 6. The Hall–Kier alpha value is -4.37. The van der Waals surface area contributed by atoms with Gasteiger partial charge in [0.05, 0.1) is 6.54 Å². The second kappa shape index (κ2) is 9.90. The zero-order valence-corrected chi connectivity index (χ0v) is 17.0. The number of benzene rings is 3. The lowest BCUT2D eigenvalue weighted by atomic mass is 10.1. The molecule has 0 spiro atoms. The highest BCUT2D eigenvalue weighted by Crippen LogP contribution is 2.14. The number of likely N-dealkylation sites (N-methyl/N-ethyl adjacent to an activating group) is 1. The van der Waals surface area contributed by atoms with Gasteiger partial charge in [-0.25, -0.2) is 0 Å². The summed E-state index contributed by atoms with van der Waals surface area (Å²) in [5.74, 6) is 1.62. The van der Waals surface area contributed by atoms with Crippen LogP contribution in [0.4, 0.5) is 11.4 Å². The van der Waals surface area contributed by atoms with E-state index in [1.54, 1.807) is 79.8 Å². The van der Waals surface area contributed by atoms with E-state index in [4.69, 9.17) is 6.42 Å². The van der Waals surface area contributed by atoms with Crippen LogP contribution in [0.1, 0.15) is 26.3 Å². The molecule has 3 aromatic rings. The molecule has 0 unspecified atom stereocenters. The average Bonchev–Trinajstić information content (AvgIpc) is 2.79. The minimum atomic E-state index is -0.336. The molecule has 0 aliphatic rings. The summed E-state index contributed by atoms with van der Waals surface area (Å²) in [4.78, 5) is 38.4. The minimum Gasteiger partial charge on any atom is -0.332 e. The topological polar surface area (TPSA) is 78.5 Å². The lowest BCUT2D eigenvalue weighted by molar-refractivity contribution is -0.116. The first kappa shape index (κ1) is 21.3. The van der Waals surface area contributed by atoms with E-state index in [0.29, 0.717) is 28.1 Å². The monoisotopic (exact) mass is 411 g/mol. The number of hydrogen-bond donors (Lipinski definition) is 2. The fraction of sp³-hybridized carbons (Fsp3) is 0.0800. The van der Waals surface area contributed by atoms with Crippen molar-refractivity contribution in [3.8, 4) is 12.3 Å². The van der Waals surface area contributed by atoms with Crippen LogP contribution in [-0.2, 0) is 4.79 Å². The van der Waals surface area contributed by atoms with Crippen LogP contribution in [0.15, 0.2) is 78.9 Å². The maximum Gasteiger partial charge on any atom is 0.255 e. The summed E-state index contributed by atoms with van der Waals surface area (Å²) in [6, 6.07) is 22.3. The first-order valence-corrected chi connectivity index (χ1v) is 9.55. The zero-order valence-electron chi connectivity index (χ0n) is 17.0. The summed E-state index contributed by atoms with van der Waals surface area (Å²) in [5.41, 5.74) is 2.74. The number of amides is 3. The molecule has 6 nitrogen and oxygen atoms in total. The summed E-state index contributed by atoms with van der Waals surface area (Å²) in [6.07, 6.45) is 5.36. The molecule has 154 valence electrons. The van der Waals surface area contributed by atoms with Gasteiger partial charge in [0.2, 0.25) is 5.91 Å². The average molecular weight is 411 g/mol. The van der Waals surface area contributed by atoms with Gasteiger partial charge in [-0.2, -0.15) is 0 Å². The van der Waals surface area contributed by atoms with Crippen LogP contribution < -0.4 is 10.6 Å². The van der Waals surface area contributed by atoms with Crippen LogP contribution in [0.3, 0.4) is 0 Å². The van der Waals surface area contributed by atoms with Crippen molar-refractivity contribution in [2.45, 2.75) is 0 Å². The van der Waals surface area contributed by atoms with Gasteiger partial charge in [-0.1, -0.05) is 30.2 Å². The molecule has 0 heterocycles. The van der Waals surface area contributed by atoms with E-state index in [2.05, 4.69) is 16.6 Å². The maximum absolute atomic E-state index is 12.6. The number of hydrogen-bond acceptors (Lipinski definition) is 3. The lowest BCUT2D eigenvalue weighted by Gasteiger charge is -2.17. The fourth-order valence-corrected chi connectivity index (χ4v) is 2.88. The minimum absolute atomic E-state index is 0.119. The highest BCUT2D eigenvalue weighted by atomic mass is 16.2. The molecule has 0 saturated carbocycles. The van der Waals surface area contributed by atoms with Crippen LogP contribution in [0.5, 0.6) is 0 Å². The van der Waals surface area contributed by atoms with Gasteiger partial charge in [0, 0.05) is 35.1 Å². The lowest BCUT2D eigenvalue weighted by Crippen LogP contribution is -2.34. The standard InChI is InChI=1S/C25H21N3O3/c1-3-18-8-7-11-22(16-18)26-23(29)17-28(2)25(31)20-12-14-21(15-13-20)27-24(30)19-9-5-4-6-10-19/h1,4-16H,17H2,2H3,(H,26,29)(H,27,30). The number of terminal acetylenes is 1. The predicted molar refractivity (Wildman–Crippen MR) is 121 cm³/mol. The van der Waals surface area contributed by atoms with Gasteiger partial charge in [-0.05, 0) is 54.6 Å². The summed E-state index contributed by atoms with van der Waals surface area (Å²) < 4.78 is 0. The smallest absolute Gasteiger partial charge is 0.255 e. The molecule has 0 fully saturated rings. The molecule has 2 N–H and O–H groups in total. The normalized spacial score (nSPS) is 9.94. The van der Waals surface area contributed by atoms with Crippen LogP contribution >= 0.6 is 0 Å². The second-order valence-electron chi connectivity index (χ2n) is 6.83. The molecule has 31 heavy (non-hydrogen) atoms. The van der Waals surface area contributed by atoms with Gasteiger partial charge in [0.15, 0.2) is 0 Å². The first-order valence-electron chi connectivity index (χ1n) is 9.55. The third-order valence-electron chi connectivity index (χ3n) is 4.47. The Bertz CT molecular complexity index is 1130. The summed E-state index contributed by atoms with van der Waals surface area (Å²) in [5, 5.41) is 5.50. The number of carbonyl (C=O) groups excluding carboxylic acids is 3. The number of anilines is 2. The van der Waals surface area contributed by atoms with Crippen molar-refractivity contribution in [1.82, 2.24) is 4.90 Å². The molecular formula is C25H21N3O3. The van der Waals surface area contributed by atoms with Gasteiger partial charge in [-0.15, -0.1) is 6.42 Å². The van der Waals surface area contributed by atoms with Gasteiger partial charge < -0.3 is 15.5 Å². The molecule has 0 aliphatic heterocycles. The third kappa shape index (κ3) is 5.81. The Morgan fingerprint density at radius 2 is 1.55 bits per heavy atom. The summed E-state index contributed by atoms with van der Waals surface area (Å²) >= 11 is 0. The highest BCUT2D eigenvalue weighted by molar-refractivity contribution is 6.04. The van der Waals surface area contributed by atoms with E-state index in [1.165, 1.54) is 4.90 Å². The van der Waals surface area contributed by atoms with Crippen molar-refractivity contribution >= 4 is 29.1 Å². The number of carbonyl (C=O) groups is 3. The van der Waals surface area contributed by atoms with Gasteiger partial charge >= 0.3 is 0 Å². The molecule has 3 amide bonds.